The van der Waals surface area contributed by atoms with Gasteiger partial charge in [0.15, 0.2) is 0 Å². The Morgan fingerprint density at radius 2 is 1.95 bits per heavy atom. The van der Waals surface area contributed by atoms with Crippen molar-refractivity contribution in [3.8, 4) is 11.3 Å². The lowest BCUT2D eigenvalue weighted by Crippen LogP contribution is -2.10. The molecule has 0 atom stereocenters. The van der Waals surface area contributed by atoms with Gasteiger partial charge in [0.25, 0.3) is 0 Å². The lowest BCUT2D eigenvalue weighted by molar-refractivity contribution is 0.402. The molecule has 0 unspecified atom stereocenters. The summed E-state index contributed by atoms with van der Waals surface area (Å²) in [5, 5.41) is 1.04. The first kappa shape index (κ1) is 11.9. The fourth-order valence-corrected chi connectivity index (χ4v) is 2.18. The Hall–Kier alpha value is -2.20. The highest BCUT2D eigenvalue weighted by Crippen LogP contribution is 2.22. The summed E-state index contributed by atoms with van der Waals surface area (Å²) in [5.74, 6) is 0. The fraction of sp³-hybridized carbons (Fsp3) is 0.200. The largest absolute Gasteiger partial charge is 0.339 e. The molecule has 0 spiro atoms. The van der Waals surface area contributed by atoms with Crippen molar-refractivity contribution in [2.45, 2.75) is 6.54 Å². The predicted octanol–water partition coefficient (Wildman–Crippen LogP) is 2.69. The maximum atomic E-state index is 4.21. The predicted molar refractivity (Wildman–Crippen MR) is 76.7 cm³/mol. The molecule has 4 heteroatoms. The standard InChI is InChI=1S/C15H16N4/c1-19(2)9-11-3-5-12(6-4-11)14-7-13-8-16-10-17-15(13)18-14/h3-8,10H,9H2,1-2H3,(H,16,17,18). The summed E-state index contributed by atoms with van der Waals surface area (Å²) >= 11 is 0. The van der Waals surface area contributed by atoms with Crippen LogP contribution in [0, 0.1) is 0 Å². The molecule has 0 bridgehead atoms. The molecule has 3 aromatic rings. The van der Waals surface area contributed by atoms with Crippen LogP contribution in [0.5, 0.6) is 0 Å². The minimum absolute atomic E-state index is 0.877. The van der Waals surface area contributed by atoms with Gasteiger partial charge in [0.05, 0.1) is 0 Å². The number of H-pyrrole nitrogens is 1. The summed E-state index contributed by atoms with van der Waals surface area (Å²) in [5.41, 5.74) is 4.43. The first-order valence-corrected chi connectivity index (χ1v) is 6.25. The molecule has 96 valence electrons. The highest BCUT2D eigenvalue weighted by atomic mass is 15.0. The van der Waals surface area contributed by atoms with Gasteiger partial charge in [-0.05, 0) is 31.3 Å². The average molecular weight is 252 g/mol. The van der Waals surface area contributed by atoms with Crippen LogP contribution in [0.2, 0.25) is 0 Å². The van der Waals surface area contributed by atoms with E-state index in [1.54, 1.807) is 6.33 Å². The third-order valence-corrected chi connectivity index (χ3v) is 3.06. The van der Waals surface area contributed by atoms with Crippen molar-refractivity contribution in [1.29, 1.82) is 0 Å². The second-order valence-corrected chi connectivity index (χ2v) is 4.94. The van der Waals surface area contributed by atoms with Gasteiger partial charge in [0.1, 0.15) is 12.0 Å². The molecule has 0 fully saturated rings. The zero-order valence-electron chi connectivity index (χ0n) is 11.1. The number of benzene rings is 1. The van der Waals surface area contributed by atoms with Crippen molar-refractivity contribution in [2.75, 3.05) is 14.1 Å². The van der Waals surface area contributed by atoms with Crippen LogP contribution in [0.25, 0.3) is 22.3 Å². The molecule has 0 aliphatic rings. The van der Waals surface area contributed by atoms with E-state index in [4.69, 9.17) is 0 Å². The second-order valence-electron chi connectivity index (χ2n) is 4.94. The lowest BCUT2D eigenvalue weighted by Gasteiger charge is -2.09. The van der Waals surface area contributed by atoms with Gasteiger partial charge in [0, 0.05) is 23.8 Å². The molecule has 4 nitrogen and oxygen atoms in total. The van der Waals surface area contributed by atoms with E-state index in [9.17, 15) is 0 Å². The van der Waals surface area contributed by atoms with Gasteiger partial charge in [-0.2, -0.15) is 0 Å². The Bertz CT molecular complexity index is 650. The molecule has 1 aromatic carbocycles. The van der Waals surface area contributed by atoms with Gasteiger partial charge in [0.2, 0.25) is 0 Å². The smallest absolute Gasteiger partial charge is 0.141 e. The first-order chi connectivity index (χ1) is 9.22. The van der Waals surface area contributed by atoms with Gasteiger partial charge < -0.3 is 9.88 Å². The van der Waals surface area contributed by atoms with E-state index in [2.05, 4.69) is 64.3 Å². The number of hydrogen-bond acceptors (Lipinski definition) is 3. The minimum atomic E-state index is 0.877. The van der Waals surface area contributed by atoms with Crippen LogP contribution >= 0.6 is 0 Å². The van der Waals surface area contributed by atoms with E-state index in [0.29, 0.717) is 0 Å². The second kappa shape index (κ2) is 4.82. The molecule has 0 aliphatic carbocycles. The summed E-state index contributed by atoms with van der Waals surface area (Å²) < 4.78 is 0. The van der Waals surface area contributed by atoms with Crippen molar-refractivity contribution in [3.63, 3.8) is 0 Å². The molecule has 0 saturated carbocycles. The van der Waals surface area contributed by atoms with Crippen molar-refractivity contribution in [3.05, 3.63) is 48.4 Å². The Balaban J connectivity index is 1.93. The number of hydrogen-bond donors (Lipinski definition) is 1. The third kappa shape index (κ3) is 2.48. The van der Waals surface area contributed by atoms with E-state index < -0.39 is 0 Å². The summed E-state index contributed by atoms with van der Waals surface area (Å²) in [6.07, 6.45) is 3.38. The van der Waals surface area contributed by atoms with Crippen LogP contribution < -0.4 is 0 Å². The number of aromatic amines is 1. The van der Waals surface area contributed by atoms with E-state index >= 15 is 0 Å². The molecular weight excluding hydrogens is 236 g/mol. The van der Waals surface area contributed by atoms with Gasteiger partial charge in [-0.3, -0.25) is 0 Å². The summed E-state index contributed by atoms with van der Waals surface area (Å²) in [7, 11) is 4.15. The molecule has 0 aliphatic heterocycles. The minimum Gasteiger partial charge on any atom is -0.339 e. The molecule has 3 rings (SSSR count). The molecular formula is C15H16N4. The SMILES string of the molecule is CN(C)Cc1ccc(-c2cc3cncnc3[nH]2)cc1. The van der Waals surface area contributed by atoms with Crippen LogP contribution in [-0.4, -0.2) is 33.9 Å². The molecule has 19 heavy (non-hydrogen) atoms. The number of fused-ring (bicyclic) bond motifs is 1. The quantitative estimate of drug-likeness (QED) is 0.779. The Labute approximate surface area is 112 Å². The Morgan fingerprint density at radius 1 is 1.16 bits per heavy atom. The number of rotatable bonds is 3. The molecule has 2 aromatic heterocycles. The van der Waals surface area contributed by atoms with Crippen molar-refractivity contribution in [2.24, 2.45) is 0 Å². The van der Waals surface area contributed by atoms with Crippen LogP contribution in [0.4, 0.5) is 0 Å². The maximum Gasteiger partial charge on any atom is 0.141 e. The van der Waals surface area contributed by atoms with E-state index in [0.717, 1.165) is 23.3 Å². The first-order valence-electron chi connectivity index (χ1n) is 6.25. The lowest BCUT2D eigenvalue weighted by atomic mass is 10.1. The van der Waals surface area contributed by atoms with Gasteiger partial charge in [-0.25, -0.2) is 9.97 Å². The van der Waals surface area contributed by atoms with Crippen molar-refractivity contribution in [1.82, 2.24) is 19.9 Å². The van der Waals surface area contributed by atoms with Gasteiger partial charge in [-0.1, -0.05) is 24.3 Å². The fourth-order valence-electron chi connectivity index (χ4n) is 2.18. The number of aromatic nitrogens is 3. The zero-order valence-corrected chi connectivity index (χ0v) is 11.1. The van der Waals surface area contributed by atoms with Crippen molar-refractivity contribution >= 4 is 11.0 Å². The summed E-state index contributed by atoms with van der Waals surface area (Å²) in [6, 6.07) is 10.7. The van der Waals surface area contributed by atoms with Crippen LogP contribution in [0.1, 0.15) is 5.56 Å². The number of nitrogens with zero attached hydrogens (tertiary/aromatic N) is 3. The Morgan fingerprint density at radius 3 is 2.63 bits per heavy atom. The average Bonchev–Trinajstić information content (AvgIpc) is 2.82. The number of nitrogens with one attached hydrogen (secondary N) is 1. The Kier molecular flexibility index (Phi) is 3.01. The van der Waals surface area contributed by atoms with Gasteiger partial charge in [-0.15, -0.1) is 0 Å². The zero-order chi connectivity index (χ0) is 13.2. The monoisotopic (exact) mass is 252 g/mol. The van der Waals surface area contributed by atoms with E-state index in [-0.39, 0.29) is 0 Å². The normalized spacial score (nSPS) is 11.3. The topological polar surface area (TPSA) is 44.8 Å². The van der Waals surface area contributed by atoms with Gasteiger partial charge >= 0.3 is 0 Å². The van der Waals surface area contributed by atoms with Crippen LogP contribution in [0.3, 0.4) is 0 Å². The maximum absolute atomic E-state index is 4.21. The molecule has 0 radical (unpaired) electrons. The van der Waals surface area contributed by atoms with Crippen LogP contribution in [-0.2, 0) is 6.54 Å². The highest BCUT2D eigenvalue weighted by Gasteiger charge is 2.04. The molecule has 1 N–H and O–H groups in total. The summed E-state index contributed by atoms with van der Waals surface area (Å²) in [6.45, 7) is 0.957. The summed E-state index contributed by atoms with van der Waals surface area (Å²) in [4.78, 5) is 13.7. The van der Waals surface area contributed by atoms with Crippen LogP contribution in [0.15, 0.2) is 42.9 Å². The molecule has 0 saturated heterocycles. The van der Waals surface area contributed by atoms with Crippen molar-refractivity contribution < 1.29 is 0 Å². The van der Waals surface area contributed by atoms with E-state index in [1.807, 2.05) is 6.20 Å². The third-order valence-electron chi connectivity index (χ3n) is 3.06. The van der Waals surface area contributed by atoms with E-state index in [1.165, 1.54) is 11.1 Å². The molecule has 2 heterocycles. The molecule has 0 amide bonds. The highest BCUT2D eigenvalue weighted by molar-refractivity contribution is 5.82.